The maximum atomic E-state index is 6.46. The highest BCUT2D eigenvalue weighted by molar-refractivity contribution is 6.21. The highest BCUT2D eigenvalue weighted by Crippen LogP contribution is 2.23. The van der Waals surface area contributed by atoms with E-state index in [1.54, 1.807) is 0 Å². The molecule has 0 spiro atoms. The predicted octanol–water partition coefficient (Wildman–Crippen LogP) is 4.73. The molecule has 3 atom stereocenters. The smallest absolute Gasteiger partial charge is 0.0489 e. The molecule has 0 saturated heterocycles. The second-order valence-electron chi connectivity index (χ2n) is 5.59. The monoisotopic (exact) mass is 259 g/mol. The summed E-state index contributed by atoms with van der Waals surface area (Å²) < 4.78 is 0. The molecular formula is C15H30ClN. The number of hydrogen-bond acceptors (Lipinski definition) is 1. The summed E-state index contributed by atoms with van der Waals surface area (Å²) in [6, 6.07) is 0.565. The Morgan fingerprint density at radius 2 is 1.94 bits per heavy atom. The number of unbranched alkanes of at least 4 members (excludes halogenated alkanes) is 1. The lowest BCUT2D eigenvalue weighted by molar-refractivity contribution is 0.372. The Balaban J connectivity index is 2.25. The molecule has 0 aromatic carbocycles. The van der Waals surface area contributed by atoms with Crippen LogP contribution in [-0.2, 0) is 0 Å². The first-order valence-corrected chi connectivity index (χ1v) is 8.09. The lowest BCUT2D eigenvalue weighted by atomic mass is 9.98. The van der Waals surface area contributed by atoms with Crippen molar-refractivity contribution in [2.24, 2.45) is 5.92 Å². The summed E-state index contributed by atoms with van der Waals surface area (Å²) in [5, 5.41) is 4.10. The van der Waals surface area contributed by atoms with E-state index < -0.39 is 0 Å². The third-order valence-corrected chi connectivity index (χ3v) is 4.67. The minimum Gasteiger partial charge on any atom is -0.312 e. The molecule has 0 aliphatic heterocycles. The van der Waals surface area contributed by atoms with Gasteiger partial charge in [0.2, 0.25) is 0 Å². The Morgan fingerprint density at radius 1 is 1.18 bits per heavy atom. The molecule has 1 fully saturated rings. The first-order chi connectivity index (χ1) is 8.27. The second kappa shape index (κ2) is 9.22. The van der Waals surface area contributed by atoms with Crippen molar-refractivity contribution < 1.29 is 0 Å². The number of nitrogens with one attached hydrogen (secondary N) is 1. The minimum atomic E-state index is 0.362. The predicted molar refractivity (Wildman–Crippen MR) is 77.8 cm³/mol. The number of hydrogen-bond donors (Lipinski definition) is 1. The van der Waals surface area contributed by atoms with Gasteiger partial charge in [-0.2, -0.15) is 0 Å². The van der Waals surface area contributed by atoms with Gasteiger partial charge in [-0.1, -0.05) is 52.4 Å². The highest BCUT2D eigenvalue weighted by Gasteiger charge is 2.21. The third kappa shape index (κ3) is 6.10. The van der Waals surface area contributed by atoms with Gasteiger partial charge in [-0.3, -0.25) is 0 Å². The summed E-state index contributed by atoms with van der Waals surface area (Å²) in [5.74, 6) is 0.849. The maximum Gasteiger partial charge on any atom is 0.0489 e. The van der Waals surface area contributed by atoms with Crippen molar-refractivity contribution >= 4 is 11.6 Å². The fourth-order valence-electron chi connectivity index (χ4n) is 2.75. The van der Waals surface area contributed by atoms with Crippen molar-refractivity contribution in [2.45, 2.75) is 83.1 Å². The van der Waals surface area contributed by atoms with E-state index in [9.17, 15) is 0 Å². The van der Waals surface area contributed by atoms with E-state index in [0.717, 1.165) is 5.92 Å². The van der Waals surface area contributed by atoms with Crippen LogP contribution in [0.1, 0.15) is 71.6 Å². The maximum absolute atomic E-state index is 6.46. The van der Waals surface area contributed by atoms with Crippen LogP contribution in [0.15, 0.2) is 0 Å². The van der Waals surface area contributed by atoms with Crippen molar-refractivity contribution in [1.82, 2.24) is 5.32 Å². The average Bonchev–Trinajstić information content (AvgIpc) is 2.55. The number of halogens is 1. The number of rotatable bonds is 7. The van der Waals surface area contributed by atoms with Gasteiger partial charge in [0.25, 0.3) is 0 Å². The van der Waals surface area contributed by atoms with Crippen LogP contribution in [0.4, 0.5) is 0 Å². The van der Waals surface area contributed by atoms with Crippen LogP contribution in [0.2, 0.25) is 0 Å². The Bertz CT molecular complexity index is 184. The SMILES string of the molecule is CCCCC(CC)CNC1CCCCCC1Cl. The zero-order chi connectivity index (χ0) is 12.5. The van der Waals surface area contributed by atoms with Crippen LogP contribution >= 0.6 is 11.6 Å². The molecule has 1 nitrogen and oxygen atoms in total. The van der Waals surface area contributed by atoms with Crippen molar-refractivity contribution in [3.63, 3.8) is 0 Å². The third-order valence-electron chi connectivity index (χ3n) is 4.14. The average molecular weight is 260 g/mol. The molecule has 1 rings (SSSR count). The summed E-state index contributed by atoms with van der Waals surface area (Å²) in [6.07, 6.45) is 11.9. The van der Waals surface area contributed by atoms with E-state index in [-0.39, 0.29) is 0 Å². The molecule has 102 valence electrons. The zero-order valence-corrected chi connectivity index (χ0v) is 12.4. The van der Waals surface area contributed by atoms with Gasteiger partial charge in [0.05, 0.1) is 0 Å². The molecule has 1 saturated carbocycles. The Morgan fingerprint density at radius 3 is 2.65 bits per heavy atom. The van der Waals surface area contributed by atoms with Crippen molar-refractivity contribution in [1.29, 1.82) is 0 Å². The molecule has 17 heavy (non-hydrogen) atoms. The highest BCUT2D eigenvalue weighted by atomic mass is 35.5. The van der Waals surface area contributed by atoms with E-state index in [1.807, 2.05) is 0 Å². The fraction of sp³-hybridized carbons (Fsp3) is 1.00. The molecule has 1 N–H and O–H groups in total. The van der Waals surface area contributed by atoms with Crippen molar-refractivity contribution in [3.05, 3.63) is 0 Å². The van der Waals surface area contributed by atoms with E-state index in [0.29, 0.717) is 11.4 Å². The molecule has 0 aromatic heterocycles. The van der Waals surface area contributed by atoms with Gasteiger partial charge in [0.15, 0.2) is 0 Å². The number of alkyl halides is 1. The molecular weight excluding hydrogens is 230 g/mol. The topological polar surface area (TPSA) is 12.0 Å². The summed E-state index contributed by atoms with van der Waals surface area (Å²) >= 11 is 6.46. The minimum absolute atomic E-state index is 0.362. The molecule has 0 bridgehead atoms. The zero-order valence-electron chi connectivity index (χ0n) is 11.7. The van der Waals surface area contributed by atoms with Crippen molar-refractivity contribution in [3.8, 4) is 0 Å². The molecule has 0 radical (unpaired) electrons. The Labute approximate surface area is 113 Å². The van der Waals surface area contributed by atoms with Crippen LogP contribution in [0, 0.1) is 5.92 Å². The van der Waals surface area contributed by atoms with Gasteiger partial charge in [-0.05, 0) is 31.7 Å². The van der Waals surface area contributed by atoms with Crippen LogP contribution in [0.3, 0.4) is 0 Å². The summed E-state index contributed by atoms with van der Waals surface area (Å²) in [4.78, 5) is 0. The van der Waals surface area contributed by atoms with Gasteiger partial charge in [-0.15, -0.1) is 11.6 Å². The van der Waals surface area contributed by atoms with E-state index in [2.05, 4.69) is 19.2 Å². The van der Waals surface area contributed by atoms with Gasteiger partial charge < -0.3 is 5.32 Å². The van der Waals surface area contributed by atoms with E-state index in [4.69, 9.17) is 11.6 Å². The van der Waals surface area contributed by atoms with Crippen molar-refractivity contribution in [2.75, 3.05) is 6.54 Å². The fourth-order valence-corrected chi connectivity index (χ4v) is 3.12. The molecule has 2 heteroatoms. The van der Waals surface area contributed by atoms with Crippen LogP contribution < -0.4 is 5.32 Å². The normalized spacial score (nSPS) is 27.7. The quantitative estimate of drug-likeness (QED) is 0.515. The van der Waals surface area contributed by atoms with Gasteiger partial charge in [-0.25, -0.2) is 0 Å². The van der Waals surface area contributed by atoms with E-state index >= 15 is 0 Å². The Hall–Kier alpha value is 0.250. The van der Waals surface area contributed by atoms with Gasteiger partial charge >= 0.3 is 0 Å². The standard InChI is InChI=1S/C15H30ClN/c1-3-5-9-13(4-2)12-17-15-11-8-6-7-10-14(15)16/h13-15,17H,3-12H2,1-2H3. The van der Waals surface area contributed by atoms with Crippen LogP contribution in [0.5, 0.6) is 0 Å². The largest absolute Gasteiger partial charge is 0.312 e. The summed E-state index contributed by atoms with van der Waals surface area (Å²) in [5.41, 5.74) is 0. The lowest BCUT2D eigenvalue weighted by Crippen LogP contribution is -2.39. The molecule has 0 amide bonds. The molecule has 1 aliphatic rings. The molecule has 0 heterocycles. The Kier molecular flexibility index (Phi) is 8.30. The molecule has 0 aromatic rings. The summed E-state index contributed by atoms with van der Waals surface area (Å²) in [7, 11) is 0. The van der Waals surface area contributed by atoms with Gasteiger partial charge in [0, 0.05) is 11.4 Å². The first-order valence-electron chi connectivity index (χ1n) is 7.65. The summed E-state index contributed by atoms with van der Waals surface area (Å²) in [6.45, 7) is 5.76. The molecule has 1 aliphatic carbocycles. The van der Waals surface area contributed by atoms with Crippen LogP contribution in [0.25, 0.3) is 0 Å². The first kappa shape index (κ1) is 15.3. The van der Waals surface area contributed by atoms with E-state index in [1.165, 1.54) is 64.3 Å². The molecule has 3 unspecified atom stereocenters. The van der Waals surface area contributed by atoms with Crippen LogP contribution in [-0.4, -0.2) is 18.0 Å². The van der Waals surface area contributed by atoms with Gasteiger partial charge in [0.1, 0.15) is 0 Å². The lowest BCUT2D eigenvalue weighted by Gasteiger charge is -2.24. The second-order valence-corrected chi connectivity index (χ2v) is 6.15.